The molecule has 5 heteroatoms. The number of amides is 2. The van der Waals surface area contributed by atoms with E-state index in [0.29, 0.717) is 24.2 Å². The Morgan fingerprint density at radius 3 is 2.34 bits per heavy atom. The van der Waals surface area contributed by atoms with Gasteiger partial charge in [0.05, 0.1) is 0 Å². The molecule has 5 nitrogen and oxygen atoms in total. The molecule has 1 N–H and O–H groups in total. The summed E-state index contributed by atoms with van der Waals surface area (Å²) in [5, 5.41) is 2.86. The second-order valence-electron chi connectivity index (χ2n) is 7.61. The average molecular weight is 392 g/mol. The molecule has 0 bridgehead atoms. The summed E-state index contributed by atoms with van der Waals surface area (Å²) in [5.41, 5.74) is 2.29. The summed E-state index contributed by atoms with van der Waals surface area (Å²) in [7, 11) is 0. The highest BCUT2D eigenvalue weighted by Gasteiger charge is 2.22. The van der Waals surface area contributed by atoms with E-state index in [2.05, 4.69) is 34.5 Å². The summed E-state index contributed by atoms with van der Waals surface area (Å²) in [6, 6.07) is 17.3. The molecular formula is C24H29N3O2. The van der Waals surface area contributed by atoms with Crippen molar-refractivity contribution in [3.63, 3.8) is 0 Å². The maximum atomic E-state index is 12.9. The molecule has 1 heterocycles. The predicted molar refractivity (Wildman–Crippen MR) is 117 cm³/mol. The highest BCUT2D eigenvalue weighted by molar-refractivity contribution is 5.99. The second-order valence-corrected chi connectivity index (χ2v) is 7.61. The van der Waals surface area contributed by atoms with Crippen molar-refractivity contribution >= 4 is 17.9 Å². The van der Waals surface area contributed by atoms with E-state index < -0.39 is 0 Å². The van der Waals surface area contributed by atoms with Crippen LogP contribution in [0, 0.1) is 0 Å². The van der Waals surface area contributed by atoms with E-state index in [1.165, 1.54) is 5.56 Å². The third-order valence-corrected chi connectivity index (χ3v) is 4.92. The van der Waals surface area contributed by atoms with Gasteiger partial charge in [0.2, 0.25) is 0 Å². The van der Waals surface area contributed by atoms with E-state index in [0.717, 1.165) is 19.6 Å². The van der Waals surface area contributed by atoms with Crippen LogP contribution in [0.2, 0.25) is 0 Å². The first-order valence-electron chi connectivity index (χ1n) is 10.2. The number of nitrogens with zero attached hydrogens (tertiary/aromatic N) is 2. The first-order valence-corrected chi connectivity index (χ1v) is 10.2. The molecule has 1 aliphatic heterocycles. The third kappa shape index (κ3) is 6.03. The summed E-state index contributed by atoms with van der Waals surface area (Å²) in [5.74, 6) is -0.159. The summed E-state index contributed by atoms with van der Waals surface area (Å²) in [4.78, 5) is 29.3. The molecule has 2 aromatic rings. The zero-order chi connectivity index (χ0) is 20.6. The molecule has 2 amide bonds. The van der Waals surface area contributed by atoms with Crippen LogP contribution in [0.5, 0.6) is 0 Å². The van der Waals surface area contributed by atoms with Crippen LogP contribution < -0.4 is 5.32 Å². The van der Waals surface area contributed by atoms with Crippen LogP contribution in [-0.2, 0) is 0 Å². The number of benzene rings is 2. The van der Waals surface area contributed by atoms with E-state index >= 15 is 0 Å². The zero-order valence-corrected chi connectivity index (χ0v) is 17.2. The van der Waals surface area contributed by atoms with Crippen molar-refractivity contribution in [2.75, 3.05) is 32.7 Å². The molecule has 3 rings (SSSR count). The Balaban J connectivity index is 1.52. The normalized spacial score (nSPS) is 15.1. The van der Waals surface area contributed by atoms with Crippen LogP contribution in [0.15, 0.2) is 60.7 Å². The van der Waals surface area contributed by atoms with Crippen molar-refractivity contribution in [3.05, 3.63) is 77.4 Å². The molecule has 0 aromatic heterocycles. The van der Waals surface area contributed by atoms with Crippen LogP contribution in [0.1, 0.15) is 40.1 Å². The summed E-state index contributed by atoms with van der Waals surface area (Å²) < 4.78 is 0. The standard InChI is InChI=1S/C24H29N3O2/c1-19(2)25-23(28)21-11-6-12-22(18-21)24(29)27-16-14-26(15-17-27)13-7-10-20-8-4-3-5-9-20/h3-12,18-19H,13-17H2,1-2H3,(H,25,28)/b10-7+. The van der Waals surface area contributed by atoms with Gasteiger partial charge in [0.15, 0.2) is 0 Å². The van der Waals surface area contributed by atoms with Gasteiger partial charge in [-0.1, -0.05) is 48.6 Å². The first kappa shape index (κ1) is 20.8. The van der Waals surface area contributed by atoms with Gasteiger partial charge in [-0.15, -0.1) is 0 Å². The molecule has 0 spiro atoms. The topological polar surface area (TPSA) is 52.7 Å². The van der Waals surface area contributed by atoms with Crippen molar-refractivity contribution in [1.82, 2.24) is 15.1 Å². The van der Waals surface area contributed by atoms with Crippen LogP contribution in [0.25, 0.3) is 6.08 Å². The van der Waals surface area contributed by atoms with E-state index in [4.69, 9.17) is 0 Å². The lowest BCUT2D eigenvalue weighted by Gasteiger charge is -2.34. The van der Waals surface area contributed by atoms with Gasteiger partial charge in [-0.3, -0.25) is 14.5 Å². The number of carbonyl (C=O) groups is 2. The Morgan fingerprint density at radius 1 is 0.966 bits per heavy atom. The van der Waals surface area contributed by atoms with Crippen molar-refractivity contribution in [3.8, 4) is 0 Å². The van der Waals surface area contributed by atoms with Crippen molar-refractivity contribution in [2.24, 2.45) is 0 Å². The van der Waals surface area contributed by atoms with E-state index in [9.17, 15) is 9.59 Å². The maximum Gasteiger partial charge on any atom is 0.253 e. The fraction of sp³-hybridized carbons (Fsp3) is 0.333. The lowest BCUT2D eigenvalue weighted by Crippen LogP contribution is -2.48. The summed E-state index contributed by atoms with van der Waals surface area (Å²) >= 11 is 0. The zero-order valence-electron chi connectivity index (χ0n) is 17.2. The molecule has 0 radical (unpaired) electrons. The minimum Gasteiger partial charge on any atom is -0.350 e. The van der Waals surface area contributed by atoms with E-state index in [-0.39, 0.29) is 17.9 Å². The van der Waals surface area contributed by atoms with Gasteiger partial charge < -0.3 is 10.2 Å². The van der Waals surface area contributed by atoms with Crippen LogP contribution in [0.4, 0.5) is 0 Å². The smallest absolute Gasteiger partial charge is 0.253 e. The van der Waals surface area contributed by atoms with E-state index in [1.54, 1.807) is 24.3 Å². The number of piperazine rings is 1. The number of carbonyl (C=O) groups excluding carboxylic acids is 2. The number of hydrogen-bond donors (Lipinski definition) is 1. The van der Waals surface area contributed by atoms with E-state index in [1.807, 2.05) is 36.9 Å². The van der Waals surface area contributed by atoms with Gasteiger partial charge in [0.25, 0.3) is 11.8 Å². The molecular weight excluding hydrogens is 362 g/mol. The number of nitrogens with one attached hydrogen (secondary N) is 1. The minimum absolute atomic E-state index is 0.0105. The molecule has 2 aromatic carbocycles. The molecule has 29 heavy (non-hydrogen) atoms. The summed E-state index contributed by atoms with van der Waals surface area (Å²) in [6.07, 6.45) is 4.30. The van der Waals surface area contributed by atoms with Gasteiger partial charge in [-0.05, 0) is 37.6 Å². The lowest BCUT2D eigenvalue weighted by molar-refractivity contribution is 0.0650. The Kier molecular flexibility index (Phi) is 7.19. The van der Waals surface area contributed by atoms with Crippen molar-refractivity contribution < 1.29 is 9.59 Å². The fourth-order valence-electron chi connectivity index (χ4n) is 3.36. The quantitative estimate of drug-likeness (QED) is 0.822. The SMILES string of the molecule is CC(C)NC(=O)c1cccc(C(=O)N2CCN(C/C=C/c3ccccc3)CC2)c1. The molecule has 1 fully saturated rings. The largest absolute Gasteiger partial charge is 0.350 e. The molecule has 0 aliphatic carbocycles. The van der Waals surface area contributed by atoms with Crippen LogP contribution >= 0.6 is 0 Å². The Morgan fingerprint density at radius 2 is 1.66 bits per heavy atom. The Bertz CT molecular complexity index is 853. The van der Waals surface area contributed by atoms with Crippen molar-refractivity contribution in [1.29, 1.82) is 0 Å². The Hall–Kier alpha value is -2.92. The average Bonchev–Trinajstić information content (AvgIpc) is 2.74. The molecule has 152 valence electrons. The lowest BCUT2D eigenvalue weighted by atomic mass is 10.1. The monoisotopic (exact) mass is 391 g/mol. The van der Waals surface area contributed by atoms with Crippen molar-refractivity contribution in [2.45, 2.75) is 19.9 Å². The first-order chi connectivity index (χ1) is 14.0. The highest BCUT2D eigenvalue weighted by atomic mass is 16.2. The summed E-state index contributed by atoms with van der Waals surface area (Å²) in [6.45, 7) is 7.79. The molecule has 0 atom stereocenters. The third-order valence-electron chi connectivity index (χ3n) is 4.92. The van der Waals surface area contributed by atoms with Gasteiger partial charge in [-0.2, -0.15) is 0 Å². The van der Waals surface area contributed by atoms with Gasteiger partial charge >= 0.3 is 0 Å². The Labute approximate surface area is 173 Å². The van der Waals surface area contributed by atoms with Gasteiger partial charge in [0, 0.05) is 49.9 Å². The predicted octanol–water partition coefficient (Wildman–Crippen LogP) is 3.30. The number of hydrogen-bond acceptors (Lipinski definition) is 3. The van der Waals surface area contributed by atoms with Crippen LogP contribution in [0.3, 0.4) is 0 Å². The van der Waals surface area contributed by atoms with Gasteiger partial charge in [-0.25, -0.2) is 0 Å². The maximum absolute atomic E-state index is 12.9. The molecule has 0 saturated carbocycles. The highest BCUT2D eigenvalue weighted by Crippen LogP contribution is 2.12. The molecule has 1 aliphatic rings. The molecule has 0 unspecified atom stereocenters. The van der Waals surface area contributed by atoms with Crippen LogP contribution in [-0.4, -0.2) is 60.4 Å². The van der Waals surface area contributed by atoms with Gasteiger partial charge in [0.1, 0.15) is 0 Å². The fourth-order valence-corrected chi connectivity index (χ4v) is 3.36. The number of rotatable bonds is 6. The molecule has 1 saturated heterocycles. The minimum atomic E-state index is -0.148. The second kappa shape index (κ2) is 10.0.